The van der Waals surface area contributed by atoms with Gasteiger partial charge in [0.05, 0.1) is 61.9 Å². The molecule has 2 aromatic heterocycles. The Morgan fingerprint density at radius 2 is 1.66 bits per heavy atom. The van der Waals surface area contributed by atoms with Crippen molar-refractivity contribution in [1.82, 2.24) is 30.5 Å². The number of rotatable bonds is 26. The van der Waals surface area contributed by atoms with Crippen molar-refractivity contribution in [3.05, 3.63) is 59.0 Å². The number of fused-ring (bicyclic) bond motifs is 1. The lowest BCUT2D eigenvalue weighted by atomic mass is 9.96. The first kappa shape index (κ1) is 54.1. The van der Waals surface area contributed by atoms with E-state index >= 15 is 4.39 Å². The van der Waals surface area contributed by atoms with E-state index in [0.29, 0.717) is 117 Å². The lowest BCUT2D eigenvalue weighted by Gasteiger charge is -2.36. The molecule has 0 bridgehead atoms. The first-order valence-corrected chi connectivity index (χ1v) is 25.5. The molecule has 4 aromatic rings. The van der Waals surface area contributed by atoms with E-state index in [1.54, 1.807) is 39.9 Å². The summed E-state index contributed by atoms with van der Waals surface area (Å²) in [5, 5.41) is 19.0. The van der Waals surface area contributed by atoms with Gasteiger partial charge in [-0.1, -0.05) is 39.3 Å². The van der Waals surface area contributed by atoms with Gasteiger partial charge < -0.3 is 54.8 Å². The summed E-state index contributed by atoms with van der Waals surface area (Å²) in [5.74, 6) is 0.591. The Bertz CT molecular complexity index is 2290. The highest BCUT2D eigenvalue weighted by Crippen LogP contribution is 2.44. The molecule has 5 N–H and O–H groups in total. The Balaban J connectivity index is 1.10. The number of aromatic amines is 1. The van der Waals surface area contributed by atoms with Crippen molar-refractivity contribution >= 4 is 79.6 Å². The summed E-state index contributed by atoms with van der Waals surface area (Å²) in [6.07, 6.45) is 2.97. The number of carboxylic acids is 1. The number of nitrogens with zero attached hydrogens (tertiary/aromatic N) is 4. The highest BCUT2D eigenvalue weighted by molar-refractivity contribution is 8.76. The van der Waals surface area contributed by atoms with Crippen LogP contribution in [0.1, 0.15) is 58.9 Å². The van der Waals surface area contributed by atoms with Crippen LogP contribution in [0.2, 0.25) is 5.02 Å². The molecule has 68 heavy (non-hydrogen) atoms. The molecule has 0 saturated carbocycles. The lowest BCUT2D eigenvalue weighted by Crippen LogP contribution is -2.46. The smallest absolute Gasteiger partial charge is 0.407 e. The number of halogens is 2. The molecule has 0 aliphatic carbocycles. The molecule has 5 rings (SSSR count). The molecule has 372 valence electrons. The number of aliphatic carboxylic acids is 1. The second kappa shape index (κ2) is 26.8. The average Bonchev–Trinajstić information content (AvgIpc) is 3.70. The van der Waals surface area contributed by atoms with Crippen molar-refractivity contribution in [3.63, 3.8) is 0 Å². The number of carbonyl (C=O) groups excluding carboxylic acids is 3. The maximum absolute atomic E-state index is 15.0. The van der Waals surface area contributed by atoms with Gasteiger partial charge in [0.25, 0.3) is 0 Å². The Morgan fingerprint density at radius 1 is 0.971 bits per heavy atom. The average molecular weight is 1000 g/mol. The minimum absolute atomic E-state index is 0.109. The van der Waals surface area contributed by atoms with Gasteiger partial charge in [-0.3, -0.25) is 9.59 Å². The number of hydrogen-bond donors (Lipinski definition) is 5. The van der Waals surface area contributed by atoms with Gasteiger partial charge in [0, 0.05) is 80.4 Å². The van der Waals surface area contributed by atoms with Gasteiger partial charge in [0.2, 0.25) is 11.8 Å². The molecule has 0 spiro atoms. The summed E-state index contributed by atoms with van der Waals surface area (Å²) < 4.78 is 37.3. The molecule has 1 atom stereocenters. The number of likely N-dealkylation sites (N-methyl/N-ethyl adjacent to an activating group) is 1. The SMILES string of the molecule is Cc1cc(F)cc(-c2cnc(NCCNC(=O)CCOCCOCCOCCSSCCC(=O)N(C)[C@H](C)C(=O)O)c(-c3nc4ccc(Cl)cc4[nH]3)c2N2CCC(NC(=O)OC(C)(C)C)CC2)c1. The molecule has 2 aromatic carbocycles. The second-order valence-electron chi connectivity index (χ2n) is 17.2. The van der Waals surface area contributed by atoms with E-state index in [0.717, 1.165) is 22.5 Å². The van der Waals surface area contributed by atoms with Crippen LogP contribution >= 0.6 is 33.2 Å². The molecule has 0 unspecified atom stereocenters. The van der Waals surface area contributed by atoms with E-state index in [2.05, 4.69) is 25.8 Å². The predicted octanol–water partition coefficient (Wildman–Crippen LogP) is 7.56. The van der Waals surface area contributed by atoms with Gasteiger partial charge >= 0.3 is 12.1 Å². The predicted molar refractivity (Wildman–Crippen MR) is 267 cm³/mol. The minimum Gasteiger partial charge on any atom is -0.480 e. The number of carbonyl (C=O) groups is 4. The van der Waals surface area contributed by atoms with Crippen LogP contribution in [0.25, 0.3) is 33.5 Å². The first-order valence-electron chi connectivity index (χ1n) is 22.7. The third kappa shape index (κ3) is 17.3. The monoisotopic (exact) mass is 1000 g/mol. The van der Waals surface area contributed by atoms with Crippen LogP contribution in [0.15, 0.2) is 42.6 Å². The maximum Gasteiger partial charge on any atom is 0.407 e. The normalized spacial score (nSPS) is 13.6. The molecule has 21 heteroatoms. The van der Waals surface area contributed by atoms with Crippen LogP contribution in [-0.4, -0.2) is 151 Å². The number of hydrogen-bond acceptors (Lipinski definition) is 14. The topological polar surface area (TPSA) is 210 Å². The number of pyridine rings is 1. The number of nitrogens with one attached hydrogen (secondary N) is 4. The number of imidazole rings is 1. The number of anilines is 2. The summed E-state index contributed by atoms with van der Waals surface area (Å²) in [6, 6.07) is 9.36. The summed E-state index contributed by atoms with van der Waals surface area (Å²) in [5.41, 5.74) is 4.39. The standard InChI is InChI=1S/C47H64ClFN8O9S2/c1-30-25-32(27-34(49)26-30)36-29-52-43(41(44-54-37-8-7-33(48)28-38(37)55-44)42(36)57-15-9-35(10-16-57)53-46(62)66-47(3,4)5)51-14-13-50-39(58)11-17-63-18-19-64-20-21-65-22-24-68-67-23-12-40(59)56(6)31(2)45(60)61/h7-8,25-29,31,35H,9-24H2,1-6H3,(H,50,58)(H,51,52)(H,53,62)(H,54,55)(H,60,61)/t31-/m1/s1. The number of benzene rings is 2. The van der Waals surface area contributed by atoms with Crippen molar-refractivity contribution in [2.75, 3.05) is 94.6 Å². The van der Waals surface area contributed by atoms with E-state index < -0.39 is 23.7 Å². The minimum atomic E-state index is -1.03. The van der Waals surface area contributed by atoms with E-state index in [1.807, 2.05) is 39.8 Å². The summed E-state index contributed by atoms with van der Waals surface area (Å²) >= 11 is 6.38. The zero-order chi connectivity index (χ0) is 49.2. The van der Waals surface area contributed by atoms with Gasteiger partial charge in [-0.15, -0.1) is 0 Å². The van der Waals surface area contributed by atoms with Gasteiger partial charge in [-0.2, -0.15) is 0 Å². The van der Waals surface area contributed by atoms with E-state index in [-0.39, 0.29) is 43.1 Å². The van der Waals surface area contributed by atoms with Crippen LogP contribution in [0.3, 0.4) is 0 Å². The number of aryl methyl sites for hydroxylation is 1. The largest absolute Gasteiger partial charge is 0.480 e. The van der Waals surface area contributed by atoms with E-state index in [1.165, 1.54) is 31.0 Å². The summed E-state index contributed by atoms with van der Waals surface area (Å²) in [6.45, 7) is 12.8. The summed E-state index contributed by atoms with van der Waals surface area (Å²) in [4.78, 5) is 65.3. The van der Waals surface area contributed by atoms with Crippen molar-refractivity contribution in [2.24, 2.45) is 0 Å². The number of aromatic nitrogens is 3. The number of ether oxygens (including phenoxy) is 4. The van der Waals surface area contributed by atoms with Crippen LogP contribution in [0.5, 0.6) is 0 Å². The Kier molecular flexibility index (Phi) is 21.3. The van der Waals surface area contributed by atoms with Gasteiger partial charge in [0.15, 0.2) is 0 Å². The fourth-order valence-electron chi connectivity index (χ4n) is 7.19. The van der Waals surface area contributed by atoms with Crippen LogP contribution in [0, 0.1) is 12.7 Å². The van der Waals surface area contributed by atoms with Crippen LogP contribution in [-0.2, 0) is 33.3 Å². The van der Waals surface area contributed by atoms with E-state index in [4.69, 9.17) is 45.6 Å². The Hall–Kier alpha value is -4.86. The van der Waals surface area contributed by atoms with Gasteiger partial charge in [0.1, 0.15) is 29.1 Å². The van der Waals surface area contributed by atoms with Gasteiger partial charge in [-0.25, -0.2) is 23.9 Å². The quantitative estimate of drug-likeness (QED) is 0.0304. The van der Waals surface area contributed by atoms with Crippen LogP contribution in [0.4, 0.5) is 20.7 Å². The zero-order valence-corrected chi connectivity index (χ0v) is 42.0. The highest BCUT2D eigenvalue weighted by atomic mass is 35.5. The molecule has 1 aliphatic rings. The summed E-state index contributed by atoms with van der Waals surface area (Å²) in [7, 11) is 4.63. The molecule has 1 saturated heterocycles. The molecule has 17 nitrogen and oxygen atoms in total. The van der Waals surface area contributed by atoms with Crippen molar-refractivity contribution in [3.8, 4) is 22.5 Å². The first-order chi connectivity index (χ1) is 32.5. The zero-order valence-electron chi connectivity index (χ0n) is 39.6. The number of amides is 3. The van der Waals surface area contributed by atoms with Gasteiger partial charge in [-0.05, 0) is 88.9 Å². The Labute approximate surface area is 410 Å². The number of carboxylic acid groups (broad SMARTS) is 1. The molecule has 1 fully saturated rings. The molecule has 0 radical (unpaired) electrons. The molecular formula is C47H64ClFN8O9S2. The molecule has 3 amide bonds. The van der Waals surface area contributed by atoms with Crippen molar-refractivity contribution < 1.29 is 47.6 Å². The molecule has 3 heterocycles. The second-order valence-corrected chi connectivity index (χ2v) is 20.3. The maximum atomic E-state index is 15.0. The van der Waals surface area contributed by atoms with Crippen molar-refractivity contribution in [2.45, 2.75) is 78.0 Å². The number of alkyl carbamates (subject to hydrolysis) is 1. The number of H-pyrrole nitrogens is 1. The highest BCUT2D eigenvalue weighted by Gasteiger charge is 2.30. The Morgan fingerprint density at radius 3 is 2.35 bits per heavy atom. The molecule has 1 aliphatic heterocycles. The van der Waals surface area contributed by atoms with E-state index in [9.17, 15) is 19.2 Å². The van der Waals surface area contributed by atoms with Crippen LogP contribution < -0.4 is 20.9 Å². The lowest BCUT2D eigenvalue weighted by molar-refractivity contribution is -0.148. The van der Waals surface area contributed by atoms with Crippen molar-refractivity contribution in [1.29, 1.82) is 0 Å². The molecular weight excluding hydrogens is 939 g/mol. The third-order valence-electron chi connectivity index (χ3n) is 10.7. The fraction of sp³-hybridized carbons (Fsp3) is 0.532. The third-order valence-corrected chi connectivity index (χ3v) is 13.3. The number of piperidine rings is 1. The fourth-order valence-corrected chi connectivity index (χ4v) is 9.20.